The van der Waals surface area contributed by atoms with Crippen molar-refractivity contribution in [3.63, 3.8) is 0 Å². The second-order valence-electron chi connectivity index (χ2n) is 8.96. The van der Waals surface area contributed by atoms with E-state index >= 15 is 0 Å². The first-order chi connectivity index (χ1) is 15.7. The molecule has 1 aliphatic carbocycles. The largest absolute Gasteiger partial charge is 0.366 e. The van der Waals surface area contributed by atoms with Crippen LogP contribution in [-0.4, -0.2) is 98.6 Å². The van der Waals surface area contributed by atoms with Crippen molar-refractivity contribution in [3.05, 3.63) is 30.1 Å². The fourth-order valence-electron chi connectivity index (χ4n) is 4.70. The number of carbonyl (C=O) groups is 1. The highest BCUT2D eigenvalue weighted by molar-refractivity contribution is 14.0. The van der Waals surface area contributed by atoms with Crippen LogP contribution in [0.4, 0.5) is 10.1 Å². The van der Waals surface area contributed by atoms with Gasteiger partial charge in [-0.2, -0.15) is 0 Å². The van der Waals surface area contributed by atoms with E-state index in [0.717, 1.165) is 90.8 Å². The number of nitrogens with one attached hydrogen (secondary N) is 1. The number of guanidine groups is 1. The van der Waals surface area contributed by atoms with E-state index in [-0.39, 0.29) is 29.8 Å². The first kappa shape index (κ1) is 26.0. The Morgan fingerprint density at radius 2 is 1.70 bits per heavy atom. The van der Waals surface area contributed by atoms with E-state index in [4.69, 9.17) is 4.99 Å². The number of nitrogens with zero attached hydrogens (tertiary/aromatic N) is 5. The average molecular weight is 573 g/mol. The molecule has 0 atom stereocenters. The van der Waals surface area contributed by atoms with E-state index in [9.17, 15) is 9.18 Å². The molecule has 1 aromatic carbocycles. The van der Waals surface area contributed by atoms with Gasteiger partial charge in [0.05, 0.1) is 12.2 Å². The number of para-hydroxylation sites is 1. The highest BCUT2D eigenvalue weighted by Gasteiger charge is 2.31. The summed E-state index contributed by atoms with van der Waals surface area (Å²) in [5, 5.41) is 3.42. The molecular formula is C24H38FIN6O. The van der Waals surface area contributed by atoms with E-state index in [1.807, 2.05) is 12.1 Å². The van der Waals surface area contributed by atoms with Gasteiger partial charge in [-0.25, -0.2) is 4.39 Å². The number of hydrogen-bond acceptors (Lipinski definition) is 4. The number of benzene rings is 1. The maximum absolute atomic E-state index is 14.1. The minimum Gasteiger partial charge on any atom is -0.366 e. The maximum atomic E-state index is 14.1. The molecule has 0 unspecified atom stereocenters. The Labute approximate surface area is 214 Å². The van der Waals surface area contributed by atoms with Crippen molar-refractivity contribution in [3.8, 4) is 0 Å². The predicted molar refractivity (Wildman–Crippen MR) is 142 cm³/mol. The van der Waals surface area contributed by atoms with Gasteiger partial charge in [-0.1, -0.05) is 18.6 Å². The first-order valence-corrected chi connectivity index (χ1v) is 12.2. The lowest BCUT2D eigenvalue weighted by atomic mass is 9.84. The molecule has 2 aliphatic heterocycles. The summed E-state index contributed by atoms with van der Waals surface area (Å²) in [5.74, 6) is 1.46. The van der Waals surface area contributed by atoms with Crippen molar-refractivity contribution in [1.29, 1.82) is 0 Å². The van der Waals surface area contributed by atoms with Crippen LogP contribution in [0.5, 0.6) is 0 Å². The Balaban J connectivity index is 0.00000306. The summed E-state index contributed by atoms with van der Waals surface area (Å²) in [7, 11) is 0. The smallest absolute Gasteiger partial charge is 0.225 e. The quantitative estimate of drug-likeness (QED) is 0.323. The highest BCUT2D eigenvalue weighted by atomic mass is 127. The molecule has 1 saturated carbocycles. The molecule has 1 aromatic rings. The third-order valence-electron chi connectivity index (χ3n) is 6.92. The van der Waals surface area contributed by atoms with E-state index in [2.05, 4.69) is 31.8 Å². The SMILES string of the molecule is CCNC(=NCCN1CCN(C(=O)C2CCC2)CC1)N1CCN(c2ccccc2F)CC1.I. The first-order valence-electron chi connectivity index (χ1n) is 12.2. The van der Waals surface area contributed by atoms with Crippen LogP contribution in [-0.2, 0) is 4.79 Å². The third kappa shape index (κ3) is 6.71. The Morgan fingerprint density at radius 1 is 1.03 bits per heavy atom. The molecule has 0 bridgehead atoms. The topological polar surface area (TPSA) is 54.4 Å². The normalized spacial score (nSPS) is 20.3. The minimum atomic E-state index is -0.156. The van der Waals surface area contributed by atoms with Crippen molar-refractivity contribution in [2.75, 3.05) is 76.9 Å². The van der Waals surface area contributed by atoms with Crippen LogP contribution in [0, 0.1) is 11.7 Å². The molecule has 4 rings (SSSR count). The van der Waals surface area contributed by atoms with Gasteiger partial charge in [0, 0.05) is 71.4 Å². The van der Waals surface area contributed by atoms with Crippen molar-refractivity contribution >= 4 is 41.5 Å². The van der Waals surface area contributed by atoms with Crippen molar-refractivity contribution in [2.24, 2.45) is 10.9 Å². The summed E-state index contributed by atoms with van der Waals surface area (Å²) >= 11 is 0. The van der Waals surface area contributed by atoms with Crippen LogP contribution in [0.25, 0.3) is 0 Å². The molecule has 1 N–H and O–H groups in total. The Kier molecular flexibility index (Phi) is 10.0. The van der Waals surface area contributed by atoms with E-state index in [1.54, 1.807) is 6.07 Å². The fourth-order valence-corrected chi connectivity index (χ4v) is 4.70. The zero-order chi connectivity index (χ0) is 22.3. The van der Waals surface area contributed by atoms with Crippen LogP contribution in [0.3, 0.4) is 0 Å². The Bertz CT molecular complexity index is 789. The number of hydrogen-bond donors (Lipinski definition) is 1. The molecule has 9 heteroatoms. The van der Waals surface area contributed by atoms with Crippen LogP contribution in [0.2, 0.25) is 0 Å². The Morgan fingerprint density at radius 3 is 2.30 bits per heavy atom. The summed E-state index contributed by atoms with van der Waals surface area (Å²) in [4.78, 5) is 26.1. The van der Waals surface area contributed by atoms with Gasteiger partial charge in [0.15, 0.2) is 5.96 Å². The van der Waals surface area contributed by atoms with Gasteiger partial charge < -0.3 is 20.0 Å². The lowest BCUT2D eigenvalue weighted by Gasteiger charge is -2.38. The van der Waals surface area contributed by atoms with Gasteiger partial charge in [-0.15, -0.1) is 24.0 Å². The lowest BCUT2D eigenvalue weighted by Crippen LogP contribution is -2.53. The third-order valence-corrected chi connectivity index (χ3v) is 6.92. The van der Waals surface area contributed by atoms with Crippen LogP contribution < -0.4 is 10.2 Å². The van der Waals surface area contributed by atoms with Crippen LogP contribution >= 0.6 is 24.0 Å². The summed E-state index contributed by atoms with van der Waals surface area (Å²) < 4.78 is 14.1. The molecule has 0 radical (unpaired) electrons. The zero-order valence-electron chi connectivity index (χ0n) is 19.7. The molecule has 0 spiro atoms. The fraction of sp³-hybridized carbons (Fsp3) is 0.667. The number of piperazine rings is 2. The molecule has 3 aliphatic rings. The number of halogens is 2. The molecule has 184 valence electrons. The maximum Gasteiger partial charge on any atom is 0.225 e. The summed E-state index contributed by atoms with van der Waals surface area (Å²) in [6.45, 7) is 11.3. The molecule has 33 heavy (non-hydrogen) atoms. The second-order valence-corrected chi connectivity index (χ2v) is 8.96. The average Bonchev–Trinajstić information content (AvgIpc) is 2.78. The standard InChI is InChI=1S/C24H37FN6O.HI/c1-2-26-24(31-18-16-29(17-19-31)22-9-4-3-8-21(22)25)27-10-11-28-12-14-30(15-13-28)23(32)20-6-5-7-20;/h3-4,8-9,20H,2,5-7,10-19H2,1H3,(H,26,27);1H. The zero-order valence-corrected chi connectivity index (χ0v) is 22.0. The van der Waals surface area contributed by atoms with E-state index < -0.39 is 0 Å². The number of rotatable bonds is 6. The molecule has 0 aromatic heterocycles. The van der Waals surface area contributed by atoms with Gasteiger partial charge in [-0.3, -0.25) is 14.7 Å². The Hall–Kier alpha value is -1.62. The van der Waals surface area contributed by atoms with E-state index in [1.165, 1.54) is 12.5 Å². The summed E-state index contributed by atoms with van der Waals surface area (Å²) in [5.41, 5.74) is 0.684. The second kappa shape index (κ2) is 12.7. The van der Waals surface area contributed by atoms with Crippen LogP contribution in [0.1, 0.15) is 26.2 Å². The number of anilines is 1. The van der Waals surface area contributed by atoms with E-state index in [0.29, 0.717) is 17.5 Å². The van der Waals surface area contributed by atoms with Crippen molar-refractivity contribution in [1.82, 2.24) is 20.0 Å². The van der Waals surface area contributed by atoms with Crippen molar-refractivity contribution in [2.45, 2.75) is 26.2 Å². The van der Waals surface area contributed by atoms with Gasteiger partial charge in [-0.05, 0) is 31.9 Å². The molecule has 7 nitrogen and oxygen atoms in total. The van der Waals surface area contributed by atoms with Gasteiger partial charge in [0.2, 0.25) is 5.91 Å². The van der Waals surface area contributed by atoms with Crippen molar-refractivity contribution < 1.29 is 9.18 Å². The number of amides is 1. The van der Waals surface area contributed by atoms with Gasteiger partial charge in [0.25, 0.3) is 0 Å². The predicted octanol–water partition coefficient (Wildman–Crippen LogP) is 2.48. The summed E-state index contributed by atoms with van der Waals surface area (Å²) in [6.07, 6.45) is 3.37. The van der Waals surface area contributed by atoms with Gasteiger partial charge >= 0.3 is 0 Å². The monoisotopic (exact) mass is 572 g/mol. The highest BCUT2D eigenvalue weighted by Crippen LogP contribution is 2.28. The molecule has 2 heterocycles. The lowest BCUT2D eigenvalue weighted by molar-refractivity contribution is -0.139. The van der Waals surface area contributed by atoms with Gasteiger partial charge in [0.1, 0.15) is 5.82 Å². The summed E-state index contributed by atoms with van der Waals surface area (Å²) in [6, 6.07) is 7.00. The number of carbonyl (C=O) groups excluding carboxylic acids is 1. The molecule has 2 saturated heterocycles. The minimum absolute atomic E-state index is 0. The number of aliphatic imine (C=N–C) groups is 1. The molecule has 3 fully saturated rings. The van der Waals surface area contributed by atoms with Crippen LogP contribution in [0.15, 0.2) is 29.3 Å². The molecular weight excluding hydrogens is 534 g/mol. The molecule has 1 amide bonds.